The molecule has 18 heavy (non-hydrogen) atoms. The second kappa shape index (κ2) is 4.26. The Morgan fingerprint density at radius 1 is 1.28 bits per heavy atom. The van der Waals surface area contributed by atoms with E-state index in [0.29, 0.717) is 11.5 Å². The summed E-state index contributed by atoms with van der Waals surface area (Å²) in [6.45, 7) is 4.02. The number of hydrogen-bond donors (Lipinski definition) is 0. The highest BCUT2D eigenvalue weighted by atomic mass is 19.1. The normalized spacial score (nSPS) is 20.4. The van der Waals surface area contributed by atoms with Gasteiger partial charge in [0.2, 0.25) is 0 Å². The molecule has 1 aliphatic rings. The summed E-state index contributed by atoms with van der Waals surface area (Å²) in [5.74, 6) is -0.133. The van der Waals surface area contributed by atoms with Crippen LogP contribution in [-0.4, -0.2) is 20.0 Å². The lowest BCUT2D eigenvalue weighted by Crippen LogP contribution is -2.09. The van der Waals surface area contributed by atoms with Crippen molar-refractivity contribution in [2.24, 2.45) is 11.3 Å². The molecule has 1 atom stereocenters. The number of halogens is 1. The number of ketones is 1. The number of hydrogen-bond acceptors (Lipinski definition) is 3. The summed E-state index contributed by atoms with van der Waals surface area (Å²) >= 11 is 0. The van der Waals surface area contributed by atoms with Crippen LogP contribution in [0.5, 0.6) is 11.5 Å². The minimum atomic E-state index is -0.555. The Morgan fingerprint density at radius 3 is 2.22 bits per heavy atom. The molecule has 0 heterocycles. The van der Waals surface area contributed by atoms with Gasteiger partial charge in [-0.05, 0) is 17.9 Å². The Labute approximate surface area is 106 Å². The molecule has 0 radical (unpaired) electrons. The van der Waals surface area contributed by atoms with E-state index in [1.165, 1.54) is 26.4 Å². The van der Waals surface area contributed by atoms with E-state index in [0.717, 1.165) is 6.42 Å². The standard InChI is InChI=1S/C14H17FO3/c1-14(2)7-9(14)13(16)8-5-11(17-3)12(18-4)6-10(8)15/h5-6,9H,7H2,1-4H3. The second-order valence-electron chi connectivity index (χ2n) is 5.30. The molecule has 1 aliphatic carbocycles. The van der Waals surface area contributed by atoms with Crippen LogP contribution in [0, 0.1) is 17.2 Å². The molecule has 0 bridgehead atoms. The summed E-state index contributed by atoms with van der Waals surface area (Å²) in [6.07, 6.45) is 0.805. The van der Waals surface area contributed by atoms with E-state index in [2.05, 4.69) is 0 Å². The Balaban J connectivity index is 2.37. The maximum atomic E-state index is 13.9. The minimum Gasteiger partial charge on any atom is -0.493 e. The van der Waals surface area contributed by atoms with Gasteiger partial charge in [0, 0.05) is 12.0 Å². The van der Waals surface area contributed by atoms with Crippen molar-refractivity contribution in [3.8, 4) is 11.5 Å². The van der Waals surface area contributed by atoms with Gasteiger partial charge < -0.3 is 9.47 Å². The van der Waals surface area contributed by atoms with Gasteiger partial charge >= 0.3 is 0 Å². The predicted molar refractivity (Wildman–Crippen MR) is 65.7 cm³/mol. The highest BCUT2D eigenvalue weighted by molar-refractivity contribution is 6.00. The van der Waals surface area contributed by atoms with Crippen LogP contribution in [0.1, 0.15) is 30.6 Å². The third kappa shape index (κ3) is 2.07. The summed E-state index contributed by atoms with van der Waals surface area (Å²) in [4.78, 5) is 12.2. The van der Waals surface area contributed by atoms with Crippen molar-refractivity contribution in [1.29, 1.82) is 0 Å². The predicted octanol–water partition coefficient (Wildman–Crippen LogP) is 3.07. The van der Waals surface area contributed by atoms with E-state index in [1.807, 2.05) is 13.8 Å². The molecule has 0 aliphatic heterocycles. The Kier molecular flexibility index (Phi) is 3.05. The maximum absolute atomic E-state index is 13.9. The van der Waals surface area contributed by atoms with Crippen LogP contribution in [0.3, 0.4) is 0 Å². The van der Waals surface area contributed by atoms with Crippen LogP contribution in [0.4, 0.5) is 4.39 Å². The first kappa shape index (κ1) is 12.9. The van der Waals surface area contributed by atoms with E-state index in [1.54, 1.807) is 0 Å². The number of carbonyl (C=O) groups is 1. The zero-order valence-electron chi connectivity index (χ0n) is 11.0. The average Bonchev–Trinajstić information content (AvgIpc) is 2.97. The summed E-state index contributed by atoms with van der Waals surface area (Å²) in [6, 6.07) is 2.62. The molecule has 0 saturated heterocycles. The van der Waals surface area contributed by atoms with Gasteiger partial charge in [0.15, 0.2) is 17.3 Å². The largest absolute Gasteiger partial charge is 0.493 e. The fourth-order valence-electron chi connectivity index (χ4n) is 2.15. The van der Waals surface area contributed by atoms with E-state index < -0.39 is 5.82 Å². The molecule has 1 aromatic rings. The molecule has 0 N–H and O–H groups in total. The summed E-state index contributed by atoms with van der Waals surface area (Å²) in [5.41, 5.74) is 0.0691. The monoisotopic (exact) mass is 252 g/mol. The van der Waals surface area contributed by atoms with E-state index in [9.17, 15) is 9.18 Å². The molecule has 0 aromatic heterocycles. The lowest BCUT2D eigenvalue weighted by molar-refractivity contribution is 0.0948. The lowest BCUT2D eigenvalue weighted by atomic mass is 10.0. The van der Waals surface area contributed by atoms with Crippen molar-refractivity contribution in [2.75, 3.05) is 14.2 Å². The van der Waals surface area contributed by atoms with Crippen molar-refractivity contribution in [2.45, 2.75) is 20.3 Å². The second-order valence-corrected chi connectivity index (χ2v) is 5.30. The summed E-state index contributed by atoms with van der Waals surface area (Å²) in [5, 5.41) is 0. The van der Waals surface area contributed by atoms with Gasteiger partial charge in [-0.1, -0.05) is 13.8 Å². The van der Waals surface area contributed by atoms with Crippen LogP contribution in [0.2, 0.25) is 0 Å². The number of ether oxygens (including phenoxy) is 2. The zero-order valence-corrected chi connectivity index (χ0v) is 11.0. The van der Waals surface area contributed by atoms with Crippen LogP contribution in [0.25, 0.3) is 0 Å². The van der Waals surface area contributed by atoms with Crippen molar-refractivity contribution in [1.82, 2.24) is 0 Å². The molecule has 3 nitrogen and oxygen atoms in total. The highest BCUT2D eigenvalue weighted by Crippen LogP contribution is 2.53. The van der Waals surface area contributed by atoms with Crippen LogP contribution >= 0.6 is 0 Å². The first-order valence-electron chi connectivity index (χ1n) is 5.86. The Morgan fingerprint density at radius 2 is 1.78 bits per heavy atom. The maximum Gasteiger partial charge on any atom is 0.169 e. The quantitative estimate of drug-likeness (QED) is 0.772. The fraction of sp³-hybridized carbons (Fsp3) is 0.500. The number of benzene rings is 1. The van der Waals surface area contributed by atoms with Gasteiger partial charge in [0.05, 0.1) is 19.8 Å². The first-order valence-corrected chi connectivity index (χ1v) is 5.86. The van der Waals surface area contributed by atoms with E-state index >= 15 is 0 Å². The third-order valence-corrected chi connectivity index (χ3v) is 3.57. The van der Waals surface area contributed by atoms with Crippen molar-refractivity contribution in [3.05, 3.63) is 23.5 Å². The minimum absolute atomic E-state index is 0.0172. The average molecular weight is 252 g/mol. The van der Waals surface area contributed by atoms with Gasteiger partial charge in [0.1, 0.15) is 5.82 Å². The molecule has 98 valence electrons. The number of carbonyl (C=O) groups excluding carboxylic acids is 1. The Hall–Kier alpha value is -1.58. The molecule has 1 fully saturated rings. The molecule has 1 saturated carbocycles. The topological polar surface area (TPSA) is 35.5 Å². The SMILES string of the molecule is COc1cc(F)c(C(=O)C2CC2(C)C)cc1OC. The molecule has 1 aromatic carbocycles. The fourth-order valence-corrected chi connectivity index (χ4v) is 2.15. The first-order chi connectivity index (χ1) is 8.40. The zero-order chi connectivity index (χ0) is 13.5. The van der Waals surface area contributed by atoms with Crippen molar-refractivity contribution < 1.29 is 18.7 Å². The van der Waals surface area contributed by atoms with Gasteiger partial charge in [0.25, 0.3) is 0 Å². The van der Waals surface area contributed by atoms with E-state index in [4.69, 9.17) is 9.47 Å². The van der Waals surface area contributed by atoms with Crippen LogP contribution in [-0.2, 0) is 0 Å². The summed E-state index contributed by atoms with van der Waals surface area (Å²) in [7, 11) is 2.90. The van der Waals surface area contributed by atoms with Crippen LogP contribution < -0.4 is 9.47 Å². The molecule has 4 heteroatoms. The van der Waals surface area contributed by atoms with Gasteiger partial charge in [-0.2, -0.15) is 0 Å². The van der Waals surface area contributed by atoms with Gasteiger partial charge in [-0.3, -0.25) is 4.79 Å². The molecule has 2 rings (SSSR count). The lowest BCUT2D eigenvalue weighted by Gasteiger charge is -2.11. The molecular weight excluding hydrogens is 235 g/mol. The number of rotatable bonds is 4. The van der Waals surface area contributed by atoms with Crippen molar-refractivity contribution >= 4 is 5.78 Å². The van der Waals surface area contributed by atoms with Gasteiger partial charge in [-0.25, -0.2) is 4.39 Å². The number of Topliss-reactive ketones (excluding diaryl/α,β-unsaturated/α-hetero) is 1. The molecular formula is C14H17FO3. The van der Waals surface area contributed by atoms with Gasteiger partial charge in [-0.15, -0.1) is 0 Å². The van der Waals surface area contributed by atoms with Crippen molar-refractivity contribution in [3.63, 3.8) is 0 Å². The molecule has 0 spiro atoms. The number of methoxy groups -OCH3 is 2. The molecule has 1 unspecified atom stereocenters. The smallest absolute Gasteiger partial charge is 0.169 e. The summed E-state index contributed by atoms with van der Waals surface area (Å²) < 4.78 is 24.0. The van der Waals surface area contributed by atoms with E-state index in [-0.39, 0.29) is 22.7 Å². The molecule has 0 amide bonds. The van der Waals surface area contributed by atoms with Crippen LogP contribution in [0.15, 0.2) is 12.1 Å². The third-order valence-electron chi connectivity index (χ3n) is 3.57. The Bertz CT molecular complexity index is 494. The highest BCUT2D eigenvalue weighted by Gasteiger charge is 2.51.